The van der Waals surface area contributed by atoms with Crippen molar-refractivity contribution in [3.8, 4) is 67.7 Å². The Morgan fingerprint density at radius 1 is 0.431 bits per heavy atom. The molecule has 0 unspecified atom stereocenters. The predicted molar refractivity (Wildman–Crippen MR) is 204 cm³/mol. The molecule has 240 valence electrons. The van der Waals surface area contributed by atoms with E-state index in [4.69, 9.17) is 19.9 Å². The van der Waals surface area contributed by atoms with E-state index in [-0.39, 0.29) is 0 Å². The van der Waals surface area contributed by atoms with E-state index in [0.29, 0.717) is 0 Å². The molecule has 8 aromatic rings. The molecule has 10 rings (SSSR count). The van der Waals surface area contributed by atoms with Crippen molar-refractivity contribution in [1.82, 2.24) is 34.1 Å². The lowest BCUT2D eigenvalue weighted by Crippen LogP contribution is -2.01. The van der Waals surface area contributed by atoms with Gasteiger partial charge in [0.05, 0.1) is 5.69 Å². The molecular formula is C44H29N7. The highest BCUT2D eigenvalue weighted by molar-refractivity contribution is 5.99. The number of aromatic nitrogens is 7. The number of aromatic amines is 1. The highest BCUT2D eigenvalue weighted by Gasteiger charge is 2.24. The maximum atomic E-state index is 5.23. The van der Waals surface area contributed by atoms with Crippen LogP contribution in [0.15, 0.2) is 170 Å². The Bertz CT molecular complexity index is 2630. The third-order valence-corrected chi connectivity index (χ3v) is 9.39. The highest BCUT2D eigenvalue weighted by Crippen LogP contribution is 2.45. The minimum Gasteiger partial charge on any atom is -0.361 e. The van der Waals surface area contributed by atoms with Crippen LogP contribution in [0.3, 0.4) is 0 Å². The standard InChI is InChI=1S/C44H29N7/c1-4-13-29(14-5-1)39-36(28-30-15-10-22-45-40(30)39)31-25-32(41-48-37-20-11-23-46-43(37)50(41)34-16-6-2-7-17-34)27-33(26-31)42-49-38-21-12-24-47-44(38)51(42)35-18-8-3-9-19-35/h1-28,45H. The number of hydrogen-bond donors (Lipinski definition) is 1. The largest absolute Gasteiger partial charge is 0.361 e. The summed E-state index contributed by atoms with van der Waals surface area (Å²) in [5.74, 6) is 1.59. The first-order valence-corrected chi connectivity index (χ1v) is 16.9. The molecule has 0 radical (unpaired) electrons. The van der Waals surface area contributed by atoms with Gasteiger partial charge in [0.2, 0.25) is 0 Å². The summed E-state index contributed by atoms with van der Waals surface area (Å²) >= 11 is 0. The Balaban J connectivity index is 1.31. The SMILES string of the molecule is c1ccc(-c2c(-c3cc(-c4nc5cccnc5n4-c4ccccc4)cc(-c4nc5cccnc5n4-c4ccccc4)c3)cc3ccc[nH]c2-3)cc1. The second kappa shape index (κ2) is 11.8. The summed E-state index contributed by atoms with van der Waals surface area (Å²) in [5.41, 5.74) is 13.8. The van der Waals surface area contributed by atoms with Gasteiger partial charge in [0.15, 0.2) is 11.3 Å². The van der Waals surface area contributed by atoms with Crippen molar-refractivity contribution >= 4 is 22.3 Å². The zero-order chi connectivity index (χ0) is 33.7. The van der Waals surface area contributed by atoms with Gasteiger partial charge in [-0.05, 0) is 101 Å². The van der Waals surface area contributed by atoms with Crippen molar-refractivity contribution in [2.24, 2.45) is 0 Å². The number of pyridine rings is 3. The molecule has 0 bridgehead atoms. The van der Waals surface area contributed by atoms with Gasteiger partial charge in [0.1, 0.15) is 22.7 Å². The summed E-state index contributed by atoms with van der Waals surface area (Å²) < 4.78 is 4.29. The normalized spacial score (nSPS) is 11.5. The Kier molecular flexibility index (Phi) is 6.67. The van der Waals surface area contributed by atoms with E-state index in [1.165, 1.54) is 0 Å². The van der Waals surface area contributed by atoms with Crippen LogP contribution in [0.4, 0.5) is 0 Å². The van der Waals surface area contributed by atoms with Crippen LogP contribution >= 0.6 is 0 Å². The van der Waals surface area contributed by atoms with Crippen LogP contribution in [0.5, 0.6) is 0 Å². The molecule has 0 atom stereocenters. The lowest BCUT2D eigenvalue weighted by atomic mass is 9.95. The molecule has 0 saturated carbocycles. The zero-order valence-electron chi connectivity index (χ0n) is 27.3. The topological polar surface area (TPSA) is 77.2 Å². The average molecular weight is 656 g/mol. The molecule has 1 N–H and O–H groups in total. The van der Waals surface area contributed by atoms with Gasteiger partial charge in [-0.15, -0.1) is 0 Å². The molecule has 5 heterocycles. The summed E-state index contributed by atoms with van der Waals surface area (Å²) in [4.78, 5) is 23.6. The van der Waals surface area contributed by atoms with Gasteiger partial charge < -0.3 is 4.98 Å². The van der Waals surface area contributed by atoms with E-state index in [1.54, 1.807) is 0 Å². The van der Waals surface area contributed by atoms with E-state index < -0.39 is 0 Å². The van der Waals surface area contributed by atoms with E-state index in [2.05, 4.69) is 99.0 Å². The minimum absolute atomic E-state index is 0.794. The number of hydrogen-bond acceptors (Lipinski definition) is 4. The van der Waals surface area contributed by atoms with Crippen molar-refractivity contribution < 1.29 is 0 Å². The lowest BCUT2D eigenvalue weighted by molar-refractivity contribution is 1.07. The summed E-state index contributed by atoms with van der Waals surface area (Å²) in [6.07, 6.45) is 5.63. The fourth-order valence-electron chi connectivity index (χ4n) is 7.18. The van der Waals surface area contributed by atoms with Gasteiger partial charge in [-0.2, -0.15) is 0 Å². The Morgan fingerprint density at radius 2 is 0.941 bits per heavy atom. The summed E-state index contributed by atoms with van der Waals surface area (Å²) in [6.45, 7) is 0. The smallest absolute Gasteiger partial charge is 0.164 e. The van der Waals surface area contributed by atoms with E-state index >= 15 is 0 Å². The summed E-state index contributed by atoms with van der Waals surface area (Å²) in [6, 6.07) is 52.3. The lowest BCUT2D eigenvalue weighted by Gasteiger charge is -2.15. The van der Waals surface area contributed by atoms with Gasteiger partial charge in [-0.25, -0.2) is 19.9 Å². The average Bonchev–Trinajstić information content (AvgIpc) is 3.91. The molecule has 1 aliphatic carbocycles. The molecule has 0 fully saturated rings. The number of nitrogens with one attached hydrogen (secondary N) is 1. The first kappa shape index (κ1) is 28.9. The van der Waals surface area contributed by atoms with Gasteiger partial charge >= 0.3 is 0 Å². The molecule has 7 heteroatoms. The number of imidazole rings is 2. The van der Waals surface area contributed by atoms with Crippen LogP contribution in [0.25, 0.3) is 90.0 Å². The molecule has 4 aromatic heterocycles. The second-order valence-electron chi connectivity index (χ2n) is 12.5. The molecule has 51 heavy (non-hydrogen) atoms. The van der Waals surface area contributed by atoms with Crippen molar-refractivity contribution in [2.45, 2.75) is 0 Å². The van der Waals surface area contributed by atoms with Crippen LogP contribution in [0, 0.1) is 0 Å². The van der Waals surface area contributed by atoms with Crippen molar-refractivity contribution in [3.63, 3.8) is 0 Å². The third kappa shape index (κ3) is 4.82. The van der Waals surface area contributed by atoms with E-state index in [1.807, 2.05) is 85.3 Å². The van der Waals surface area contributed by atoms with Crippen LogP contribution in [-0.4, -0.2) is 34.1 Å². The Morgan fingerprint density at radius 3 is 1.51 bits per heavy atom. The van der Waals surface area contributed by atoms with Gasteiger partial charge in [0.25, 0.3) is 0 Å². The highest BCUT2D eigenvalue weighted by atomic mass is 15.1. The monoisotopic (exact) mass is 655 g/mol. The number of benzene rings is 4. The van der Waals surface area contributed by atoms with Crippen LogP contribution in [0.1, 0.15) is 0 Å². The third-order valence-electron chi connectivity index (χ3n) is 9.39. The molecule has 0 spiro atoms. The number of nitrogens with zero attached hydrogens (tertiary/aromatic N) is 6. The van der Waals surface area contributed by atoms with Crippen molar-refractivity contribution in [2.75, 3.05) is 0 Å². The zero-order valence-corrected chi connectivity index (χ0v) is 27.3. The minimum atomic E-state index is 0.794. The number of fused-ring (bicyclic) bond motifs is 3. The number of rotatable bonds is 6. The molecule has 0 saturated heterocycles. The van der Waals surface area contributed by atoms with Crippen molar-refractivity contribution in [3.05, 3.63) is 170 Å². The van der Waals surface area contributed by atoms with E-state index in [0.717, 1.165) is 90.0 Å². The van der Waals surface area contributed by atoms with Gasteiger partial charge in [-0.3, -0.25) is 9.13 Å². The molecule has 7 nitrogen and oxygen atoms in total. The van der Waals surface area contributed by atoms with E-state index in [9.17, 15) is 0 Å². The van der Waals surface area contributed by atoms with Gasteiger partial charge in [0, 0.05) is 46.7 Å². The first-order chi connectivity index (χ1) is 25.3. The fourth-order valence-corrected chi connectivity index (χ4v) is 7.18. The number of para-hydroxylation sites is 2. The molecular weight excluding hydrogens is 627 g/mol. The van der Waals surface area contributed by atoms with Crippen LogP contribution < -0.4 is 0 Å². The fraction of sp³-hybridized carbons (Fsp3) is 0. The summed E-state index contributed by atoms with van der Waals surface area (Å²) in [7, 11) is 0. The maximum absolute atomic E-state index is 5.23. The first-order valence-electron chi connectivity index (χ1n) is 16.9. The maximum Gasteiger partial charge on any atom is 0.164 e. The number of H-pyrrole nitrogens is 1. The van der Waals surface area contributed by atoms with Crippen molar-refractivity contribution in [1.29, 1.82) is 0 Å². The summed E-state index contributed by atoms with van der Waals surface area (Å²) in [5, 5.41) is 0. The Labute approximate surface area is 293 Å². The van der Waals surface area contributed by atoms with Crippen LogP contribution in [-0.2, 0) is 0 Å². The molecule has 4 aromatic carbocycles. The quantitative estimate of drug-likeness (QED) is 0.193. The van der Waals surface area contributed by atoms with Gasteiger partial charge in [-0.1, -0.05) is 72.8 Å². The second-order valence-corrected chi connectivity index (χ2v) is 12.5. The molecule has 0 amide bonds. The Hall–Kier alpha value is -7.12. The predicted octanol–water partition coefficient (Wildman–Crippen LogP) is 10.3. The van der Waals surface area contributed by atoms with Crippen LogP contribution in [0.2, 0.25) is 0 Å². The molecule has 1 aliphatic heterocycles. The molecule has 2 aliphatic rings.